The summed E-state index contributed by atoms with van der Waals surface area (Å²) in [6.07, 6.45) is 1.62. The van der Waals surface area contributed by atoms with Crippen molar-refractivity contribution in [1.29, 1.82) is 0 Å². The number of rotatable bonds is 5. The second-order valence-corrected chi connectivity index (χ2v) is 3.48. The molecule has 0 aliphatic carbocycles. The highest BCUT2D eigenvalue weighted by molar-refractivity contribution is 6.32. The van der Waals surface area contributed by atoms with Gasteiger partial charge < -0.3 is 10.1 Å². The third-order valence-corrected chi connectivity index (χ3v) is 2.20. The average Bonchev–Trinajstić information content (AvgIpc) is 2.29. The molecule has 1 amide bonds. The van der Waals surface area contributed by atoms with Crippen LogP contribution in [-0.2, 0) is 0 Å². The van der Waals surface area contributed by atoms with Crippen LogP contribution in [0.2, 0.25) is 5.02 Å². The predicted molar refractivity (Wildman–Crippen MR) is 65.2 cm³/mol. The van der Waals surface area contributed by atoms with Crippen molar-refractivity contribution in [3.8, 4) is 5.75 Å². The molecular weight excluding hydrogens is 226 g/mol. The number of ether oxygens (including phenoxy) is 1. The van der Waals surface area contributed by atoms with Crippen molar-refractivity contribution in [2.45, 2.75) is 6.92 Å². The Morgan fingerprint density at radius 3 is 2.94 bits per heavy atom. The predicted octanol–water partition coefficient (Wildman–Crippen LogP) is 2.65. The molecule has 0 aliphatic heterocycles. The highest BCUT2D eigenvalue weighted by Crippen LogP contribution is 2.25. The minimum atomic E-state index is -0.176. The van der Waals surface area contributed by atoms with Crippen LogP contribution in [0.3, 0.4) is 0 Å². The van der Waals surface area contributed by atoms with E-state index in [4.69, 9.17) is 16.3 Å². The van der Waals surface area contributed by atoms with E-state index in [0.29, 0.717) is 29.5 Å². The van der Waals surface area contributed by atoms with E-state index in [1.54, 1.807) is 24.3 Å². The molecule has 0 unspecified atom stereocenters. The molecule has 0 aliphatic rings. The number of hydrogen-bond donors (Lipinski definition) is 1. The van der Waals surface area contributed by atoms with Gasteiger partial charge in [0.15, 0.2) is 0 Å². The van der Waals surface area contributed by atoms with Crippen molar-refractivity contribution in [3.05, 3.63) is 41.4 Å². The molecule has 0 spiro atoms. The van der Waals surface area contributed by atoms with E-state index >= 15 is 0 Å². The summed E-state index contributed by atoms with van der Waals surface area (Å²) >= 11 is 5.96. The minimum absolute atomic E-state index is 0.176. The van der Waals surface area contributed by atoms with Crippen molar-refractivity contribution in [2.75, 3.05) is 13.2 Å². The van der Waals surface area contributed by atoms with Gasteiger partial charge in [0, 0.05) is 12.1 Å². The van der Waals surface area contributed by atoms with Gasteiger partial charge in [0.25, 0.3) is 5.91 Å². The summed E-state index contributed by atoms with van der Waals surface area (Å²) in [6.45, 7) is 6.38. The largest absolute Gasteiger partial charge is 0.492 e. The molecule has 16 heavy (non-hydrogen) atoms. The smallest absolute Gasteiger partial charge is 0.251 e. The number of nitrogens with one attached hydrogen (secondary N) is 1. The lowest BCUT2D eigenvalue weighted by Crippen LogP contribution is -2.23. The highest BCUT2D eigenvalue weighted by Gasteiger charge is 2.08. The van der Waals surface area contributed by atoms with Crippen LogP contribution in [-0.4, -0.2) is 19.1 Å². The molecule has 0 heterocycles. The number of carbonyl (C=O) groups is 1. The fourth-order valence-electron chi connectivity index (χ4n) is 1.18. The summed E-state index contributed by atoms with van der Waals surface area (Å²) in [5, 5.41) is 3.11. The summed E-state index contributed by atoms with van der Waals surface area (Å²) in [6, 6.07) is 4.95. The maximum Gasteiger partial charge on any atom is 0.251 e. The molecule has 0 fully saturated rings. The quantitative estimate of drug-likeness (QED) is 0.803. The second kappa shape index (κ2) is 6.18. The Bertz CT molecular complexity index is 391. The molecule has 3 nitrogen and oxygen atoms in total. The third kappa shape index (κ3) is 3.28. The Morgan fingerprint density at radius 1 is 1.62 bits per heavy atom. The molecule has 86 valence electrons. The van der Waals surface area contributed by atoms with Gasteiger partial charge >= 0.3 is 0 Å². The van der Waals surface area contributed by atoms with Crippen molar-refractivity contribution >= 4 is 17.5 Å². The standard InChI is InChI=1S/C12H14ClNO2/c1-3-7-14-12(15)9-5-6-11(16-4-2)10(13)8-9/h3,5-6,8H,1,4,7H2,2H3,(H,14,15). The lowest BCUT2D eigenvalue weighted by Gasteiger charge is -2.07. The van der Waals surface area contributed by atoms with Gasteiger partial charge in [-0.1, -0.05) is 17.7 Å². The topological polar surface area (TPSA) is 38.3 Å². The number of benzene rings is 1. The average molecular weight is 240 g/mol. The van der Waals surface area contributed by atoms with Gasteiger partial charge in [0.05, 0.1) is 11.6 Å². The lowest BCUT2D eigenvalue weighted by atomic mass is 10.2. The first-order valence-electron chi connectivity index (χ1n) is 5.00. The van der Waals surface area contributed by atoms with E-state index in [2.05, 4.69) is 11.9 Å². The van der Waals surface area contributed by atoms with Crippen molar-refractivity contribution in [3.63, 3.8) is 0 Å². The van der Waals surface area contributed by atoms with E-state index in [1.807, 2.05) is 6.92 Å². The SMILES string of the molecule is C=CCNC(=O)c1ccc(OCC)c(Cl)c1. The van der Waals surface area contributed by atoms with Crippen LogP contribution in [0.5, 0.6) is 5.75 Å². The van der Waals surface area contributed by atoms with Crippen LogP contribution in [0.1, 0.15) is 17.3 Å². The van der Waals surface area contributed by atoms with Gasteiger partial charge in [-0.3, -0.25) is 4.79 Å². The number of amides is 1. The summed E-state index contributed by atoms with van der Waals surface area (Å²) < 4.78 is 5.27. The van der Waals surface area contributed by atoms with Crippen molar-refractivity contribution in [2.24, 2.45) is 0 Å². The molecular formula is C12H14ClNO2. The molecule has 0 radical (unpaired) electrons. The number of carbonyl (C=O) groups excluding carboxylic acids is 1. The Morgan fingerprint density at radius 2 is 2.38 bits per heavy atom. The van der Waals surface area contributed by atoms with Crippen LogP contribution in [0.25, 0.3) is 0 Å². The van der Waals surface area contributed by atoms with Gasteiger partial charge in [-0.25, -0.2) is 0 Å². The van der Waals surface area contributed by atoms with Gasteiger partial charge in [0.1, 0.15) is 5.75 Å². The highest BCUT2D eigenvalue weighted by atomic mass is 35.5. The normalized spacial score (nSPS) is 9.62. The fourth-order valence-corrected chi connectivity index (χ4v) is 1.42. The van der Waals surface area contributed by atoms with E-state index in [9.17, 15) is 4.79 Å². The first-order chi connectivity index (χ1) is 7.69. The van der Waals surface area contributed by atoms with Crippen LogP contribution < -0.4 is 10.1 Å². The fraction of sp³-hybridized carbons (Fsp3) is 0.250. The third-order valence-electron chi connectivity index (χ3n) is 1.90. The zero-order valence-electron chi connectivity index (χ0n) is 9.13. The molecule has 0 bridgehead atoms. The molecule has 1 aromatic carbocycles. The van der Waals surface area contributed by atoms with E-state index in [-0.39, 0.29) is 5.91 Å². The molecule has 1 N–H and O–H groups in total. The van der Waals surface area contributed by atoms with Gasteiger partial charge in [-0.05, 0) is 25.1 Å². The van der Waals surface area contributed by atoms with Crippen LogP contribution >= 0.6 is 11.6 Å². The van der Waals surface area contributed by atoms with Crippen LogP contribution in [0, 0.1) is 0 Å². The Hall–Kier alpha value is -1.48. The van der Waals surface area contributed by atoms with Crippen molar-refractivity contribution < 1.29 is 9.53 Å². The monoisotopic (exact) mass is 239 g/mol. The first-order valence-corrected chi connectivity index (χ1v) is 5.38. The van der Waals surface area contributed by atoms with E-state index in [0.717, 1.165) is 0 Å². The van der Waals surface area contributed by atoms with Crippen LogP contribution in [0.4, 0.5) is 0 Å². The summed E-state index contributed by atoms with van der Waals surface area (Å²) in [4.78, 5) is 11.6. The molecule has 1 aromatic rings. The summed E-state index contributed by atoms with van der Waals surface area (Å²) in [5.41, 5.74) is 0.510. The summed E-state index contributed by atoms with van der Waals surface area (Å²) in [5.74, 6) is 0.411. The molecule has 0 aromatic heterocycles. The number of halogens is 1. The zero-order valence-corrected chi connectivity index (χ0v) is 9.88. The minimum Gasteiger partial charge on any atom is -0.492 e. The molecule has 0 saturated heterocycles. The maximum atomic E-state index is 11.6. The maximum absolute atomic E-state index is 11.6. The molecule has 1 rings (SSSR count). The number of hydrogen-bond acceptors (Lipinski definition) is 2. The van der Waals surface area contributed by atoms with Crippen molar-refractivity contribution in [1.82, 2.24) is 5.32 Å². The Labute approximate surface area is 100 Å². The Kier molecular flexibility index (Phi) is 4.86. The Balaban J connectivity index is 2.79. The first kappa shape index (κ1) is 12.6. The molecule has 4 heteroatoms. The van der Waals surface area contributed by atoms with E-state index < -0.39 is 0 Å². The van der Waals surface area contributed by atoms with Crippen LogP contribution in [0.15, 0.2) is 30.9 Å². The molecule has 0 saturated carbocycles. The summed E-state index contributed by atoms with van der Waals surface area (Å²) in [7, 11) is 0. The second-order valence-electron chi connectivity index (χ2n) is 3.08. The zero-order chi connectivity index (χ0) is 12.0. The lowest BCUT2D eigenvalue weighted by molar-refractivity contribution is 0.0958. The van der Waals surface area contributed by atoms with E-state index in [1.165, 1.54) is 0 Å². The molecule has 0 atom stereocenters. The van der Waals surface area contributed by atoms with Gasteiger partial charge in [0.2, 0.25) is 0 Å². The van der Waals surface area contributed by atoms with Gasteiger partial charge in [-0.2, -0.15) is 0 Å². The van der Waals surface area contributed by atoms with Gasteiger partial charge in [-0.15, -0.1) is 6.58 Å².